The molecule has 0 radical (unpaired) electrons. The molecule has 1 heterocycles. The lowest BCUT2D eigenvalue weighted by molar-refractivity contribution is -0.135. The number of amides is 1. The van der Waals surface area contributed by atoms with E-state index >= 15 is 0 Å². The molecule has 0 spiro atoms. The largest absolute Gasteiger partial charge is 0.394 e. The third-order valence-electron chi connectivity index (χ3n) is 3.44. The van der Waals surface area contributed by atoms with Gasteiger partial charge in [0.05, 0.1) is 17.8 Å². The van der Waals surface area contributed by atoms with Gasteiger partial charge in [0, 0.05) is 19.0 Å². The molecule has 18 heavy (non-hydrogen) atoms. The van der Waals surface area contributed by atoms with Gasteiger partial charge in [-0.05, 0) is 34.1 Å². The van der Waals surface area contributed by atoms with Crippen molar-refractivity contribution < 1.29 is 14.4 Å². The maximum Gasteiger partial charge on any atom is 0.223 e. The van der Waals surface area contributed by atoms with E-state index in [9.17, 15) is 9.90 Å². The summed E-state index contributed by atoms with van der Waals surface area (Å²) in [7, 11) is 1.71. The minimum absolute atomic E-state index is 0.00838. The summed E-state index contributed by atoms with van der Waals surface area (Å²) in [6.07, 6.45) is 1.01. The topological polar surface area (TPSA) is 66.6 Å². The fourth-order valence-corrected chi connectivity index (χ4v) is 1.70. The van der Waals surface area contributed by atoms with E-state index in [-0.39, 0.29) is 12.5 Å². The van der Waals surface area contributed by atoms with Gasteiger partial charge in [-0.1, -0.05) is 5.16 Å². The van der Waals surface area contributed by atoms with Crippen LogP contribution in [-0.2, 0) is 11.2 Å². The lowest BCUT2D eigenvalue weighted by atomic mass is 10.0. The zero-order valence-electron chi connectivity index (χ0n) is 11.8. The number of likely N-dealkylation sites (N-methyl/N-ethyl adjacent to an activating group) is 1. The fraction of sp³-hybridized carbons (Fsp3) is 0.692. The molecule has 0 aliphatic heterocycles. The number of hydrogen-bond donors (Lipinski definition) is 1. The van der Waals surface area contributed by atoms with Gasteiger partial charge < -0.3 is 14.5 Å². The van der Waals surface area contributed by atoms with Gasteiger partial charge in [0.15, 0.2) is 0 Å². The molecule has 5 heteroatoms. The first-order valence-electron chi connectivity index (χ1n) is 6.09. The van der Waals surface area contributed by atoms with Crippen molar-refractivity contribution in [1.29, 1.82) is 0 Å². The lowest BCUT2D eigenvalue weighted by Crippen LogP contribution is -2.47. The Morgan fingerprint density at radius 3 is 2.50 bits per heavy atom. The Hall–Kier alpha value is -1.36. The Bertz CT molecular complexity index is 404. The number of aryl methyl sites for hydroxylation is 2. The molecule has 0 bridgehead atoms. The van der Waals surface area contributed by atoms with Crippen LogP contribution in [0.3, 0.4) is 0 Å². The highest BCUT2D eigenvalue weighted by molar-refractivity contribution is 5.77. The summed E-state index contributed by atoms with van der Waals surface area (Å²) in [6, 6.07) is 0. The highest BCUT2D eigenvalue weighted by Gasteiger charge is 2.26. The monoisotopic (exact) mass is 254 g/mol. The highest BCUT2D eigenvalue weighted by Crippen LogP contribution is 2.17. The van der Waals surface area contributed by atoms with Gasteiger partial charge in [-0.25, -0.2) is 0 Å². The summed E-state index contributed by atoms with van der Waals surface area (Å²) in [4.78, 5) is 13.6. The van der Waals surface area contributed by atoms with Crippen LogP contribution in [0.1, 0.15) is 37.3 Å². The van der Waals surface area contributed by atoms with E-state index in [0.29, 0.717) is 12.8 Å². The molecule has 0 aromatic carbocycles. The van der Waals surface area contributed by atoms with Gasteiger partial charge in [-0.3, -0.25) is 4.79 Å². The zero-order valence-corrected chi connectivity index (χ0v) is 11.8. The summed E-state index contributed by atoms with van der Waals surface area (Å²) >= 11 is 0. The van der Waals surface area contributed by atoms with Crippen LogP contribution in [0.4, 0.5) is 0 Å². The van der Waals surface area contributed by atoms with Crippen molar-refractivity contribution in [2.24, 2.45) is 0 Å². The van der Waals surface area contributed by atoms with Crippen molar-refractivity contribution in [3.63, 3.8) is 0 Å². The second-order valence-corrected chi connectivity index (χ2v) is 5.23. The molecule has 102 valence electrons. The molecule has 0 unspecified atom stereocenters. The number of aliphatic hydroxyl groups is 1. The molecule has 0 saturated heterocycles. The number of aromatic nitrogens is 1. The van der Waals surface area contributed by atoms with Crippen molar-refractivity contribution in [2.75, 3.05) is 13.7 Å². The maximum absolute atomic E-state index is 12.0. The van der Waals surface area contributed by atoms with Gasteiger partial charge in [-0.15, -0.1) is 0 Å². The average Bonchev–Trinajstić information content (AvgIpc) is 2.65. The smallest absolute Gasteiger partial charge is 0.223 e. The summed E-state index contributed by atoms with van der Waals surface area (Å²) in [6.45, 7) is 7.33. The third-order valence-corrected chi connectivity index (χ3v) is 3.44. The molecule has 1 aromatic rings. The molecule has 1 aromatic heterocycles. The van der Waals surface area contributed by atoms with Gasteiger partial charge in [0.25, 0.3) is 0 Å². The van der Waals surface area contributed by atoms with Crippen molar-refractivity contribution in [3.05, 3.63) is 17.0 Å². The van der Waals surface area contributed by atoms with Crippen LogP contribution in [0.15, 0.2) is 4.52 Å². The summed E-state index contributed by atoms with van der Waals surface area (Å²) < 4.78 is 5.06. The number of aliphatic hydroxyl groups excluding tert-OH is 1. The number of rotatable bonds is 5. The third kappa shape index (κ3) is 3.10. The zero-order chi connectivity index (χ0) is 13.9. The molecule has 5 nitrogen and oxygen atoms in total. The van der Waals surface area contributed by atoms with Crippen LogP contribution in [-0.4, -0.2) is 40.3 Å². The average molecular weight is 254 g/mol. The van der Waals surface area contributed by atoms with E-state index in [1.54, 1.807) is 11.9 Å². The first kappa shape index (κ1) is 14.7. The first-order valence-corrected chi connectivity index (χ1v) is 6.09. The second kappa shape index (κ2) is 5.52. The van der Waals surface area contributed by atoms with E-state index in [1.807, 2.05) is 27.7 Å². The number of hydrogen-bond acceptors (Lipinski definition) is 4. The second-order valence-electron chi connectivity index (χ2n) is 5.23. The van der Waals surface area contributed by atoms with Crippen LogP contribution in [0.25, 0.3) is 0 Å². The molecular weight excluding hydrogens is 232 g/mol. The van der Waals surface area contributed by atoms with Gasteiger partial charge in [0.1, 0.15) is 5.76 Å². The quantitative estimate of drug-likeness (QED) is 0.863. The molecular formula is C13H22N2O3. The summed E-state index contributed by atoms with van der Waals surface area (Å²) in [5.41, 5.74) is 1.30. The van der Waals surface area contributed by atoms with Crippen LogP contribution in [0.2, 0.25) is 0 Å². The first-order chi connectivity index (χ1) is 8.29. The van der Waals surface area contributed by atoms with Crippen LogP contribution in [0, 0.1) is 13.8 Å². The maximum atomic E-state index is 12.0. The molecule has 0 fully saturated rings. The van der Waals surface area contributed by atoms with E-state index in [4.69, 9.17) is 4.52 Å². The Morgan fingerprint density at radius 2 is 2.06 bits per heavy atom. The van der Waals surface area contributed by atoms with Crippen molar-refractivity contribution in [2.45, 2.75) is 46.1 Å². The standard InChI is InChI=1S/C13H22N2O3/c1-9-11(10(2)18-14-9)6-7-12(17)15(5)13(3,4)8-16/h16H,6-8H2,1-5H3. The predicted molar refractivity (Wildman–Crippen MR) is 68.2 cm³/mol. The van der Waals surface area contributed by atoms with Crippen molar-refractivity contribution >= 4 is 5.91 Å². The summed E-state index contributed by atoms with van der Waals surface area (Å²) in [5.74, 6) is 0.776. The highest BCUT2D eigenvalue weighted by atomic mass is 16.5. The molecule has 1 rings (SSSR count). The van der Waals surface area contributed by atoms with Crippen LogP contribution in [0.5, 0.6) is 0 Å². The molecule has 0 aliphatic carbocycles. The van der Waals surface area contributed by atoms with Crippen LogP contribution >= 0.6 is 0 Å². The fourth-order valence-electron chi connectivity index (χ4n) is 1.70. The van der Waals surface area contributed by atoms with E-state index < -0.39 is 5.54 Å². The lowest BCUT2D eigenvalue weighted by Gasteiger charge is -2.34. The molecule has 0 atom stereocenters. The molecule has 1 N–H and O–H groups in total. The minimum atomic E-state index is -0.532. The van der Waals surface area contributed by atoms with E-state index in [1.165, 1.54) is 0 Å². The number of nitrogens with zero attached hydrogens (tertiary/aromatic N) is 2. The SMILES string of the molecule is Cc1noc(C)c1CCC(=O)N(C)C(C)(C)CO. The number of carbonyl (C=O) groups is 1. The summed E-state index contributed by atoms with van der Waals surface area (Å²) in [5, 5.41) is 13.1. The van der Waals surface area contributed by atoms with Crippen LogP contribution < -0.4 is 0 Å². The van der Waals surface area contributed by atoms with E-state index in [0.717, 1.165) is 17.0 Å². The Kier molecular flexibility index (Phi) is 4.51. The molecule has 0 saturated carbocycles. The molecule has 0 aliphatic rings. The molecule has 1 amide bonds. The minimum Gasteiger partial charge on any atom is -0.394 e. The predicted octanol–water partition coefficient (Wildman–Crippen LogP) is 1.45. The Balaban J connectivity index is 2.62. The van der Waals surface area contributed by atoms with E-state index in [2.05, 4.69) is 5.16 Å². The normalized spacial score (nSPS) is 11.7. The Labute approximate surface area is 108 Å². The van der Waals surface area contributed by atoms with Crippen molar-refractivity contribution in [1.82, 2.24) is 10.1 Å². The van der Waals surface area contributed by atoms with Gasteiger partial charge in [0.2, 0.25) is 5.91 Å². The van der Waals surface area contributed by atoms with Gasteiger partial charge in [-0.2, -0.15) is 0 Å². The van der Waals surface area contributed by atoms with Crippen molar-refractivity contribution in [3.8, 4) is 0 Å². The number of carbonyl (C=O) groups excluding carboxylic acids is 1. The Morgan fingerprint density at radius 1 is 1.44 bits per heavy atom. The van der Waals surface area contributed by atoms with Gasteiger partial charge >= 0.3 is 0 Å².